The molecule has 1 aliphatic carbocycles. The highest BCUT2D eigenvalue weighted by molar-refractivity contribution is 7.98. The van der Waals surface area contributed by atoms with Gasteiger partial charge in [0.15, 0.2) is 0 Å². The van der Waals surface area contributed by atoms with Gasteiger partial charge in [-0.2, -0.15) is 0 Å². The van der Waals surface area contributed by atoms with E-state index in [9.17, 15) is 0 Å². The highest BCUT2D eigenvalue weighted by Crippen LogP contribution is 2.33. The molecule has 0 bridgehead atoms. The van der Waals surface area contributed by atoms with Crippen LogP contribution in [0.15, 0.2) is 47.4 Å². The standard InChI is InChI=1S/C19H23NS/c1-13-4-5-16-8-11-19(18(16)12-13)20-14(2)15-6-9-17(21-3)10-7-15/h4-7,9-10,12,14,19-20H,8,11H2,1-3H3. The molecular weight excluding hydrogens is 274 g/mol. The summed E-state index contributed by atoms with van der Waals surface area (Å²) in [6.45, 7) is 4.45. The fourth-order valence-corrected chi connectivity index (χ4v) is 3.59. The summed E-state index contributed by atoms with van der Waals surface area (Å²) in [4.78, 5) is 1.33. The van der Waals surface area contributed by atoms with Crippen LogP contribution in [0.4, 0.5) is 0 Å². The van der Waals surface area contributed by atoms with Crippen LogP contribution in [0, 0.1) is 6.92 Å². The smallest absolute Gasteiger partial charge is 0.0331 e. The minimum atomic E-state index is 0.386. The maximum absolute atomic E-state index is 3.81. The van der Waals surface area contributed by atoms with E-state index >= 15 is 0 Å². The van der Waals surface area contributed by atoms with Crippen LogP contribution in [0.1, 0.15) is 47.7 Å². The first-order chi connectivity index (χ1) is 10.2. The second-order valence-corrected chi connectivity index (χ2v) is 6.83. The molecule has 3 rings (SSSR count). The predicted molar refractivity (Wildman–Crippen MR) is 92.0 cm³/mol. The zero-order chi connectivity index (χ0) is 14.8. The Balaban J connectivity index is 1.74. The molecule has 1 aliphatic rings. The van der Waals surface area contributed by atoms with Crippen molar-refractivity contribution >= 4 is 11.8 Å². The Bertz CT molecular complexity index is 618. The molecule has 1 N–H and O–H groups in total. The van der Waals surface area contributed by atoms with Gasteiger partial charge in [-0.3, -0.25) is 0 Å². The van der Waals surface area contributed by atoms with Gasteiger partial charge >= 0.3 is 0 Å². The highest BCUT2D eigenvalue weighted by atomic mass is 32.2. The lowest BCUT2D eigenvalue weighted by atomic mass is 10.0. The van der Waals surface area contributed by atoms with Gasteiger partial charge in [-0.25, -0.2) is 0 Å². The van der Waals surface area contributed by atoms with Crippen molar-refractivity contribution in [2.24, 2.45) is 0 Å². The predicted octanol–water partition coefficient (Wildman–Crippen LogP) is 5.06. The molecule has 0 radical (unpaired) electrons. The molecule has 1 nitrogen and oxygen atoms in total. The number of hydrogen-bond acceptors (Lipinski definition) is 2. The Labute approximate surface area is 132 Å². The average molecular weight is 297 g/mol. The zero-order valence-electron chi connectivity index (χ0n) is 13.0. The van der Waals surface area contributed by atoms with Gasteiger partial charge in [0, 0.05) is 17.0 Å². The third kappa shape index (κ3) is 3.17. The van der Waals surface area contributed by atoms with Crippen LogP contribution >= 0.6 is 11.8 Å². The molecule has 0 saturated heterocycles. The summed E-state index contributed by atoms with van der Waals surface area (Å²) in [7, 11) is 0. The number of aryl methyl sites for hydroxylation is 2. The van der Waals surface area contributed by atoms with Crippen LogP contribution in [-0.4, -0.2) is 6.26 Å². The molecule has 0 aliphatic heterocycles. The van der Waals surface area contributed by atoms with Gasteiger partial charge in [-0.05, 0) is 61.8 Å². The molecule has 0 heterocycles. The van der Waals surface area contributed by atoms with Crippen molar-refractivity contribution in [2.75, 3.05) is 6.26 Å². The van der Waals surface area contributed by atoms with Crippen LogP contribution in [0.2, 0.25) is 0 Å². The van der Waals surface area contributed by atoms with E-state index in [0.29, 0.717) is 12.1 Å². The summed E-state index contributed by atoms with van der Waals surface area (Å²) in [6, 6.07) is 16.7. The van der Waals surface area contributed by atoms with Crippen molar-refractivity contribution < 1.29 is 0 Å². The lowest BCUT2D eigenvalue weighted by Crippen LogP contribution is -2.23. The molecule has 2 atom stereocenters. The SMILES string of the molecule is CSc1ccc(C(C)NC2CCc3ccc(C)cc32)cc1. The molecular formula is C19H23NS. The normalized spacial score (nSPS) is 18.5. The van der Waals surface area contributed by atoms with E-state index in [2.05, 4.69) is 67.9 Å². The van der Waals surface area contributed by atoms with E-state index in [1.54, 1.807) is 11.8 Å². The van der Waals surface area contributed by atoms with Gasteiger partial charge in [0.05, 0.1) is 0 Å². The lowest BCUT2D eigenvalue weighted by molar-refractivity contribution is 0.464. The first-order valence-corrected chi connectivity index (χ1v) is 8.89. The first-order valence-electron chi connectivity index (χ1n) is 7.67. The number of thioether (sulfide) groups is 1. The molecule has 2 unspecified atom stereocenters. The van der Waals surface area contributed by atoms with Crippen LogP contribution < -0.4 is 5.32 Å². The van der Waals surface area contributed by atoms with E-state index in [4.69, 9.17) is 0 Å². The van der Waals surface area contributed by atoms with E-state index in [-0.39, 0.29) is 0 Å². The number of hydrogen-bond donors (Lipinski definition) is 1. The number of nitrogens with one attached hydrogen (secondary N) is 1. The Kier molecular flexibility index (Phi) is 4.37. The van der Waals surface area contributed by atoms with Gasteiger partial charge < -0.3 is 5.32 Å². The zero-order valence-corrected chi connectivity index (χ0v) is 13.8. The summed E-state index contributed by atoms with van der Waals surface area (Å²) in [5.74, 6) is 0. The molecule has 2 heteroatoms. The molecule has 0 amide bonds. The molecule has 0 fully saturated rings. The second kappa shape index (κ2) is 6.25. The monoisotopic (exact) mass is 297 g/mol. The summed E-state index contributed by atoms with van der Waals surface area (Å²) in [5, 5.41) is 3.81. The molecule has 0 saturated carbocycles. The molecule has 0 aromatic heterocycles. The van der Waals surface area contributed by atoms with Gasteiger partial charge in [-0.1, -0.05) is 35.9 Å². The molecule has 2 aromatic rings. The quantitative estimate of drug-likeness (QED) is 0.792. The van der Waals surface area contributed by atoms with Gasteiger partial charge in [0.2, 0.25) is 0 Å². The fraction of sp³-hybridized carbons (Fsp3) is 0.368. The summed E-state index contributed by atoms with van der Waals surface area (Å²) < 4.78 is 0. The summed E-state index contributed by atoms with van der Waals surface area (Å²) in [5.41, 5.74) is 5.75. The third-order valence-corrected chi connectivity index (χ3v) is 5.19. The number of fused-ring (bicyclic) bond motifs is 1. The maximum atomic E-state index is 3.81. The average Bonchev–Trinajstić information content (AvgIpc) is 2.89. The molecule has 110 valence electrons. The van der Waals surface area contributed by atoms with Crippen LogP contribution in [-0.2, 0) is 6.42 Å². The van der Waals surface area contributed by atoms with Crippen LogP contribution in [0.3, 0.4) is 0 Å². The Morgan fingerprint density at radius 3 is 2.62 bits per heavy atom. The maximum Gasteiger partial charge on any atom is 0.0331 e. The van der Waals surface area contributed by atoms with Crippen molar-refractivity contribution in [2.45, 2.75) is 43.7 Å². The molecule has 0 spiro atoms. The van der Waals surface area contributed by atoms with E-state index < -0.39 is 0 Å². The first kappa shape index (κ1) is 14.7. The Morgan fingerprint density at radius 2 is 1.90 bits per heavy atom. The van der Waals surface area contributed by atoms with Crippen molar-refractivity contribution in [1.82, 2.24) is 5.32 Å². The minimum absolute atomic E-state index is 0.386. The van der Waals surface area contributed by atoms with Crippen molar-refractivity contribution in [3.05, 3.63) is 64.7 Å². The van der Waals surface area contributed by atoms with Crippen molar-refractivity contribution in [1.29, 1.82) is 0 Å². The minimum Gasteiger partial charge on any atom is -0.303 e. The number of rotatable bonds is 4. The Morgan fingerprint density at radius 1 is 1.14 bits per heavy atom. The van der Waals surface area contributed by atoms with Crippen molar-refractivity contribution in [3.8, 4) is 0 Å². The topological polar surface area (TPSA) is 12.0 Å². The van der Waals surface area contributed by atoms with Crippen LogP contribution in [0.5, 0.6) is 0 Å². The number of benzene rings is 2. The Hall–Kier alpha value is -1.25. The van der Waals surface area contributed by atoms with Gasteiger partial charge in [0.25, 0.3) is 0 Å². The highest BCUT2D eigenvalue weighted by Gasteiger charge is 2.23. The van der Waals surface area contributed by atoms with Crippen molar-refractivity contribution in [3.63, 3.8) is 0 Å². The van der Waals surface area contributed by atoms with Gasteiger partial charge in [0.1, 0.15) is 0 Å². The largest absolute Gasteiger partial charge is 0.303 e. The lowest BCUT2D eigenvalue weighted by Gasteiger charge is -2.21. The fourth-order valence-electron chi connectivity index (χ4n) is 3.19. The van der Waals surface area contributed by atoms with E-state index in [1.165, 1.54) is 40.0 Å². The molecule has 21 heavy (non-hydrogen) atoms. The van der Waals surface area contributed by atoms with E-state index in [0.717, 1.165) is 0 Å². The summed E-state index contributed by atoms with van der Waals surface area (Å²) >= 11 is 1.79. The third-order valence-electron chi connectivity index (χ3n) is 4.45. The second-order valence-electron chi connectivity index (χ2n) is 5.96. The van der Waals surface area contributed by atoms with E-state index in [1.807, 2.05) is 0 Å². The van der Waals surface area contributed by atoms with Crippen LogP contribution in [0.25, 0.3) is 0 Å². The molecule has 2 aromatic carbocycles. The van der Waals surface area contributed by atoms with Gasteiger partial charge in [-0.15, -0.1) is 11.8 Å². The summed E-state index contributed by atoms with van der Waals surface area (Å²) in [6.07, 6.45) is 4.53.